The number of hydrogen-bond acceptors (Lipinski definition) is 10. The van der Waals surface area contributed by atoms with Crippen LogP contribution in [-0.2, 0) is 60.7 Å². The number of carbonyl (C=O) groups is 2. The molecule has 2 aromatic rings. The minimum atomic E-state index is -0.656. The molecule has 0 aromatic heterocycles. The van der Waals surface area contributed by atoms with Crippen molar-refractivity contribution in [2.24, 2.45) is 0 Å². The highest BCUT2D eigenvalue weighted by atomic mass is 16.6. The Morgan fingerprint density at radius 3 is 1.27 bits per heavy atom. The molecule has 0 saturated carbocycles. The van der Waals surface area contributed by atoms with Crippen LogP contribution in [0.2, 0.25) is 0 Å². The van der Waals surface area contributed by atoms with Crippen LogP contribution >= 0.6 is 0 Å². The van der Waals surface area contributed by atoms with Crippen molar-refractivity contribution in [2.45, 2.75) is 27.1 Å². The minimum absolute atomic E-state index is 0.0457. The Kier molecular flexibility index (Phi) is 14.6. The van der Waals surface area contributed by atoms with Crippen molar-refractivity contribution >= 4 is 24.1 Å². The summed E-state index contributed by atoms with van der Waals surface area (Å²) in [5, 5.41) is 0. The lowest BCUT2D eigenvalue weighted by molar-refractivity contribution is -0.146. The number of rotatable bonds is 8. The highest BCUT2D eigenvalue weighted by molar-refractivity contribution is 5.87. The summed E-state index contributed by atoms with van der Waals surface area (Å²) >= 11 is 0. The number of esters is 2. The van der Waals surface area contributed by atoms with Gasteiger partial charge in [-0.1, -0.05) is 73.8 Å². The number of hydrogen-bond donors (Lipinski definition) is 0. The lowest BCUT2D eigenvalue weighted by atomic mass is 10.1. The molecular weight excluding hydrogens is 568 g/mol. The van der Waals surface area contributed by atoms with Crippen LogP contribution in [0.4, 0.5) is 0 Å². The average Bonchev–Trinajstić information content (AvgIpc) is 3.04. The highest BCUT2D eigenvalue weighted by Gasteiger charge is 2.20. The predicted molar refractivity (Wildman–Crippen MR) is 164 cm³/mol. The third-order valence-corrected chi connectivity index (χ3v) is 6.22. The monoisotopic (exact) mass is 608 g/mol. The van der Waals surface area contributed by atoms with Crippen molar-refractivity contribution < 1.29 is 47.5 Å². The van der Waals surface area contributed by atoms with E-state index in [1.165, 1.54) is 0 Å². The fourth-order valence-electron chi connectivity index (χ4n) is 3.79. The van der Waals surface area contributed by atoms with Gasteiger partial charge in [0, 0.05) is 0 Å². The number of carbonyl (C=O) groups excluding carboxylic acids is 2. The van der Waals surface area contributed by atoms with Crippen molar-refractivity contribution in [2.75, 3.05) is 52.9 Å². The van der Waals surface area contributed by atoms with Crippen molar-refractivity contribution in [1.82, 2.24) is 0 Å². The van der Waals surface area contributed by atoms with Gasteiger partial charge >= 0.3 is 11.9 Å². The molecule has 0 saturated heterocycles. The molecule has 0 atom stereocenters. The maximum absolute atomic E-state index is 12.8. The topological polar surface area (TPSA) is 108 Å². The first-order valence-electron chi connectivity index (χ1n) is 14.3. The molecule has 0 fully saturated rings. The Bertz CT molecular complexity index is 1190. The van der Waals surface area contributed by atoms with E-state index in [0.717, 1.165) is 22.3 Å². The van der Waals surface area contributed by atoms with Gasteiger partial charge in [-0.25, -0.2) is 9.59 Å². The molecule has 1 heterocycles. The second-order valence-electron chi connectivity index (χ2n) is 9.43. The third kappa shape index (κ3) is 11.6. The van der Waals surface area contributed by atoms with Gasteiger partial charge in [0.2, 0.25) is 11.5 Å². The first kappa shape index (κ1) is 34.0. The Labute approximate surface area is 258 Å². The van der Waals surface area contributed by atoms with E-state index in [9.17, 15) is 9.59 Å². The molecule has 0 unspecified atom stereocenters. The normalized spacial score (nSPS) is 19.0. The maximum Gasteiger partial charge on any atom is 0.377 e. The van der Waals surface area contributed by atoms with Crippen molar-refractivity contribution in [3.8, 4) is 0 Å². The van der Waals surface area contributed by atoms with E-state index >= 15 is 0 Å². The number of ether oxygens (including phenoxy) is 8. The van der Waals surface area contributed by atoms with Crippen molar-refractivity contribution in [3.63, 3.8) is 0 Å². The third-order valence-electron chi connectivity index (χ3n) is 6.22. The fourth-order valence-corrected chi connectivity index (χ4v) is 3.79. The molecule has 0 amide bonds. The molecule has 0 spiro atoms. The zero-order valence-electron chi connectivity index (χ0n) is 25.3. The fraction of sp³-hybridized carbons (Fsp3) is 0.353. The van der Waals surface area contributed by atoms with Gasteiger partial charge in [-0.05, 0) is 36.1 Å². The quantitative estimate of drug-likeness (QED) is 0.365. The second kappa shape index (κ2) is 18.9. The van der Waals surface area contributed by atoms with E-state index in [1.54, 1.807) is 26.0 Å². The molecule has 0 bridgehead atoms. The van der Waals surface area contributed by atoms with Gasteiger partial charge in [-0.2, -0.15) is 0 Å². The molecule has 0 N–H and O–H groups in total. The Balaban J connectivity index is 1.54. The van der Waals surface area contributed by atoms with Crippen molar-refractivity contribution in [1.29, 1.82) is 0 Å². The van der Waals surface area contributed by atoms with E-state index < -0.39 is 11.9 Å². The number of allylic oxidation sites excluding steroid dienone is 2. The Morgan fingerprint density at radius 2 is 0.932 bits per heavy atom. The van der Waals surface area contributed by atoms with Gasteiger partial charge in [0.15, 0.2) is 0 Å². The SMILES string of the molecule is C=Cc1ccc(COC(=O)/C2=C(\C)OCCOCCO/C(C(=O)OCc3ccc(C=C)cc3)=C(/C)OCCOCCO2)cc1. The molecular formula is C34H40O10. The van der Waals surface area contributed by atoms with Crippen LogP contribution in [0.15, 0.2) is 84.7 Å². The summed E-state index contributed by atoms with van der Waals surface area (Å²) in [6, 6.07) is 15.0. The largest absolute Gasteiger partial charge is 0.492 e. The predicted octanol–water partition coefficient (Wildman–Crippen LogP) is 5.34. The van der Waals surface area contributed by atoms with Gasteiger partial charge in [-0.15, -0.1) is 0 Å². The number of benzene rings is 2. The molecule has 0 aliphatic carbocycles. The second-order valence-corrected chi connectivity index (χ2v) is 9.43. The summed E-state index contributed by atoms with van der Waals surface area (Å²) in [6.07, 6.45) is 3.47. The van der Waals surface area contributed by atoms with Gasteiger partial charge in [0.25, 0.3) is 0 Å². The van der Waals surface area contributed by atoms with E-state index in [2.05, 4.69) is 13.2 Å². The Morgan fingerprint density at radius 1 is 0.591 bits per heavy atom. The molecule has 10 heteroatoms. The van der Waals surface area contributed by atoms with Crippen LogP contribution in [0.5, 0.6) is 0 Å². The first-order valence-corrected chi connectivity index (χ1v) is 14.3. The molecule has 1 aliphatic heterocycles. The van der Waals surface area contributed by atoms with Crippen molar-refractivity contribution in [3.05, 3.63) is 107 Å². The van der Waals surface area contributed by atoms with Gasteiger partial charge in [-0.3, -0.25) is 0 Å². The summed E-state index contributed by atoms with van der Waals surface area (Å²) in [4.78, 5) is 25.7. The molecule has 10 nitrogen and oxygen atoms in total. The average molecular weight is 609 g/mol. The highest BCUT2D eigenvalue weighted by Crippen LogP contribution is 2.15. The summed E-state index contributed by atoms with van der Waals surface area (Å²) in [7, 11) is 0. The lowest BCUT2D eigenvalue weighted by Crippen LogP contribution is -2.19. The Hall–Kier alpha value is -4.54. The van der Waals surface area contributed by atoms with Crippen LogP contribution in [0.25, 0.3) is 12.2 Å². The van der Waals surface area contributed by atoms with Crippen LogP contribution < -0.4 is 0 Å². The molecule has 1 aliphatic rings. The minimum Gasteiger partial charge on any atom is -0.492 e. The van der Waals surface area contributed by atoms with Crippen LogP contribution in [0, 0.1) is 0 Å². The van der Waals surface area contributed by atoms with Crippen LogP contribution in [-0.4, -0.2) is 64.8 Å². The first-order chi connectivity index (χ1) is 21.4. The van der Waals surface area contributed by atoms with Gasteiger partial charge in [0.05, 0.1) is 26.4 Å². The molecule has 236 valence electrons. The summed E-state index contributed by atoms with van der Waals surface area (Å²) in [6.45, 7) is 12.0. The maximum atomic E-state index is 12.8. The van der Waals surface area contributed by atoms with Crippen LogP contribution in [0.3, 0.4) is 0 Å². The zero-order valence-corrected chi connectivity index (χ0v) is 25.3. The summed E-state index contributed by atoms with van der Waals surface area (Å²) in [5.41, 5.74) is 3.58. The van der Waals surface area contributed by atoms with E-state index in [4.69, 9.17) is 37.9 Å². The standard InChI is InChI=1S/C34H40O10/c1-5-27-7-11-29(12-8-27)23-43-33(35)31-25(3)39-19-15-38-18-22-42-32(26(4)40-20-16-37-17-21-41-31)34(36)44-24-30-13-9-28(6-2)10-14-30/h5-14H,1-2,15-24H2,3-4H3/b31-25-,32-26-. The molecule has 3 rings (SSSR count). The summed E-state index contributed by atoms with van der Waals surface area (Å²) < 4.78 is 44.9. The lowest BCUT2D eigenvalue weighted by Gasteiger charge is -2.16. The van der Waals surface area contributed by atoms with Gasteiger partial charge < -0.3 is 37.9 Å². The smallest absolute Gasteiger partial charge is 0.377 e. The molecule has 2 aromatic carbocycles. The van der Waals surface area contributed by atoms with E-state index in [0.29, 0.717) is 0 Å². The van der Waals surface area contributed by atoms with Crippen LogP contribution in [0.1, 0.15) is 36.1 Å². The molecule has 44 heavy (non-hydrogen) atoms. The molecule has 0 radical (unpaired) electrons. The van der Waals surface area contributed by atoms with E-state index in [1.807, 2.05) is 48.5 Å². The van der Waals surface area contributed by atoms with E-state index in [-0.39, 0.29) is 89.1 Å². The van der Waals surface area contributed by atoms with Gasteiger partial charge in [0.1, 0.15) is 51.2 Å². The summed E-state index contributed by atoms with van der Waals surface area (Å²) in [5.74, 6) is -0.896. The zero-order chi connectivity index (χ0) is 31.6.